The number of anilines is 1. The molecular formula is C13H16N4O3. The third kappa shape index (κ3) is 3.11. The van der Waals surface area contributed by atoms with E-state index < -0.39 is 5.97 Å². The average molecular weight is 276 g/mol. The summed E-state index contributed by atoms with van der Waals surface area (Å²) in [6.45, 7) is 5.87. The number of hydrogen-bond donors (Lipinski definition) is 2. The highest BCUT2D eigenvalue weighted by molar-refractivity contribution is 5.90. The van der Waals surface area contributed by atoms with Gasteiger partial charge < -0.3 is 5.11 Å². The van der Waals surface area contributed by atoms with Crippen molar-refractivity contribution in [3.8, 4) is 0 Å². The lowest BCUT2D eigenvalue weighted by molar-refractivity contribution is -0.117. The van der Waals surface area contributed by atoms with Crippen LogP contribution in [0.2, 0.25) is 0 Å². The number of carboxylic acid groups (broad SMARTS) is 1. The first-order valence-electron chi connectivity index (χ1n) is 6.14. The van der Waals surface area contributed by atoms with Crippen LogP contribution in [0.3, 0.4) is 0 Å². The molecule has 0 aliphatic carbocycles. The number of nitrogens with zero attached hydrogens (tertiary/aromatic N) is 3. The van der Waals surface area contributed by atoms with Crippen molar-refractivity contribution in [1.82, 2.24) is 14.6 Å². The van der Waals surface area contributed by atoms with Crippen LogP contribution < -0.4 is 5.32 Å². The number of pyridine rings is 1. The van der Waals surface area contributed by atoms with Crippen LogP contribution in [0.25, 0.3) is 5.65 Å². The van der Waals surface area contributed by atoms with Gasteiger partial charge in [0, 0.05) is 12.6 Å². The number of amides is 1. The van der Waals surface area contributed by atoms with E-state index in [1.54, 1.807) is 0 Å². The number of rotatable bonds is 3. The van der Waals surface area contributed by atoms with Crippen molar-refractivity contribution >= 4 is 23.5 Å². The Balaban J connectivity index is 2.28. The zero-order valence-corrected chi connectivity index (χ0v) is 11.5. The van der Waals surface area contributed by atoms with E-state index in [4.69, 9.17) is 5.11 Å². The van der Waals surface area contributed by atoms with Crippen LogP contribution in [-0.4, -0.2) is 31.6 Å². The average Bonchev–Trinajstić information content (AvgIpc) is 2.69. The maximum atomic E-state index is 11.9. The first-order chi connectivity index (χ1) is 9.26. The zero-order chi connectivity index (χ0) is 14.9. The molecule has 7 nitrogen and oxygen atoms in total. The van der Waals surface area contributed by atoms with Crippen LogP contribution >= 0.6 is 0 Å². The summed E-state index contributed by atoms with van der Waals surface area (Å²) in [7, 11) is 0. The molecule has 2 aromatic heterocycles. The number of aromatic nitrogens is 3. The Morgan fingerprint density at radius 2 is 2.00 bits per heavy atom. The molecule has 2 aromatic rings. The lowest BCUT2D eigenvalue weighted by Crippen LogP contribution is -2.20. The van der Waals surface area contributed by atoms with Gasteiger partial charge in [-0.25, -0.2) is 4.79 Å². The molecule has 7 heteroatoms. The van der Waals surface area contributed by atoms with Gasteiger partial charge in [-0.1, -0.05) is 20.8 Å². The molecule has 1 amide bonds. The second kappa shape index (κ2) is 4.92. The topological polar surface area (TPSA) is 96.6 Å². The number of carboxylic acids is 1. The molecule has 0 fully saturated rings. The Morgan fingerprint density at radius 1 is 1.30 bits per heavy atom. The standard InChI is InChI=1S/C13H16N4O3/c1-13(2,3)6-10(18)14-12-16-15-9-5-4-8(11(19)20)7-17(9)12/h4-5,7H,6H2,1-3H3,(H,19,20)(H,14,16,18). The predicted octanol–water partition coefficient (Wildman–Crippen LogP) is 1.80. The molecular weight excluding hydrogens is 260 g/mol. The molecule has 0 spiro atoms. The molecule has 2 rings (SSSR count). The molecule has 0 unspecified atom stereocenters. The number of nitrogens with one attached hydrogen (secondary N) is 1. The molecule has 20 heavy (non-hydrogen) atoms. The highest BCUT2D eigenvalue weighted by Gasteiger charge is 2.18. The van der Waals surface area contributed by atoms with Crippen molar-refractivity contribution in [2.75, 3.05) is 5.32 Å². The van der Waals surface area contributed by atoms with Gasteiger partial charge in [-0.15, -0.1) is 10.2 Å². The summed E-state index contributed by atoms with van der Waals surface area (Å²) in [4.78, 5) is 22.8. The number of carbonyl (C=O) groups excluding carboxylic acids is 1. The summed E-state index contributed by atoms with van der Waals surface area (Å²) in [5.41, 5.74) is 0.432. The van der Waals surface area contributed by atoms with Crippen molar-refractivity contribution in [1.29, 1.82) is 0 Å². The van der Waals surface area contributed by atoms with Crippen molar-refractivity contribution in [3.05, 3.63) is 23.9 Å². The van der Waals surface area contributed by atoms with E-state index >= 15 is 0 Å². The zero-order valence-electron chi connectivity index (χ0n) is 11.5. The third-order valence-corrected chi connectivity index (χ3v) is 2.59. The van der Waals surface area contributed by atoms with Gasteiger partial charge in [0.25, 0.3) is 0 Å². The van der Waals surface area contributed by atoms with Crippen LogP contribution in [-0.2, 0) is 4.79 Å². The van der Waals surface area contributed by atoms with Crippen LogP contribution in [0.4, 0.5) is 5.95 Å². The smallest absolute Gasteiger partial charge is 0.337 e. The van der Waals surface area contributed by atoms with Crippen LogP contribution in [0.15, 0.2) is 18.3 Å². The summed E-state index contributed by atoms with van der Waals surface area (Å²) < 4.78 is 1.45. The summed E-state index contributed by atoms with van der Waals surface area (Å²) in [6, 6.07) is 2.98. The van der Waals surface area contributed by atoms with Gasteiger partial charge in [0.1, 0.15) is 0 Å². The highest BCUT2D eigenvalue weighted by atomic mass is 16.4. The van der Waals surface area contributed by atoms with E-state index in [0.717, 1.165) is 0 Å². The van der Waals surface area contributed by atoms with E-state index in [1.165, 1.54) is 22.7 Å². The third-order valence-electron chi connectivity index (χ3n) is 2.59. The van der Waals surface area contributed by atoms with Gasteiger partial charge in [-0.3, -0.25) is 14.5 Å². The minimum atomic E-state index is -1.05. The van der Waals surface area contributed by atoms with E-state index in [0.29, 0.717) is 12.1 Å². The van der Waals surface area contributed by atoms with E-state index in [2.05, 4.69) is 15.5 Å². The van der Waals surface area contributed by atoms with Gasteiger partial charge in [0.15, 0.2) is 5.65 Å². The summed E-state index contributed by atoms with van der Waals surface area (Å²) >= 11 is 0. The Hall–Kier alpha value is -2.44. The van der Waals surface area contributed by atoms with E-state index in [9.17, 15) is 9.59 Å². The Bertz CT molecular complexity index is 670. The molecule has 106 valence electrons. The largest absolute Gasteiger partial charge is 0.478 e. The molecule has 0 aliphatic heterocycles. The van der Waals surface area contributed by atoms with Gasteiger partial charge in [0.2, 0.25) is 11.9 Å². The van der Waals surface area contributed by atoms with Crippen LogP contribution in [0.1, 0.15) is 37.6 Å². The van der Waals surface area contributed by atoms with E-state index in [1.807, 2.05) is 20.8 Å². The molecule has 0 aliphatic rings. The fraction of sp³-hybridized carbons (Fsp3) is 0.385. The van der Waals surface area contributed by atoms with Crippen molar-refractivity contribution in [3.63, 3.8) is 0 Å². The minimum absolute atomic E-state index is 0.101. The molecule has 0 saturated carbocycles. The molecule has 0 bridgehead atoms. The van der Waals surface area contributed by atoms with Gasteiger partial charge in [0.05, 0.1) is 5.56 Å². The monoisotopic (exact) mass is 276 g/mol. The van der Waals surface area contributed by atoms with Crippen LogP contribution in [0.5, 0.6) is 0 Å². The molecule has 0 aromatic carbocycles. The van der Waals surface area contributed by atoms with Gasteiger partial charge >= 0.3 is 5.97 Å². The lowest BCUT2D eigenvalue weighted by atomic mass is 9.92. The number of hydrogen-bond acceptors (Lipinski definition) is 4. The Morgan fingerprint density at radius 3 is 2.60 bits per heavy atom. The fourth-order valence-electron chi connectivity index (χ4n) is 1.75. The van der Waals surface area contributed by atoms with E-state index in [-0.39, 0.29) is 22.8 Å². The van der Waals surface area contributed by atoms with Crippen molar-refractivity contribution in [2.45, 2.75) is 27.2 Å². The number of carbonyl (C=O) groups is 2. The first-order valence-corrected chi connectivity index (χ1v) is 6.14. The Kier molecular flexibility index (Phi) is 3.44. The molecule has 2 heterocycles. The number of aromatic carboxylic acids is 1. The fourth-order valence-corrected chi connectivity index (χ4v) is 1.75. The SMILES string of the molecule is CC(C)(C)CC(=O)Nc1nnc2ccc(C(=O)O)cn12. The summed E-state index contributed by atoms with van der Waals surface area (Å²) in [5.74, 6) is -1.02. The number of fused-ring (bicyclic) bond motifs is 1. The van der Waals surface area contributed by atoms with Gasteiger partial charge in [-0.2, -0.15) is 0 Å². The van der Waals surface area contributed by atoms with Crippen molar-refractivity contribution < 1.29 is 14.7 Å². The molecule has 0 radical (unpaired) electrons. The summed E-state index contributed by atoms with van der Waals surface area (Å²) in [5, 5.41) is 19.3. The quantitative estimate of drug-likeness (QED) is 0.891. The lowest BCUT2D eigenvalue weighted by Gasteiger charge is -2.16. The maximum absolute atomic E-state index is 11.9. The molecule has 2 N–H and O–H groups in total. The molecule has 0 atom stereocenters. The predicted molar refractivity (Wildman–Crippen MR) is 72.6 cm³/mol. The maximum Gasteiger partial charge on any atom is 0.337 e. The Labute approximate surface area is 115 Å². The van der Waals surface area contributed by atoms with Crippen LogP contribution in [0, 0.1) is 5.41 Å². The second-order valence-corrected chi connectivity index (χ2v) is 5.76. The normalized spacial score (nSPS) is 11.6. The molecule has 0 saturated heterocycles. The highest BCUT2D eigenvalue weighted by Crippen LogP contribution is 2.19. The van der Waals surface area contributed by atoms with Crippen molar-refractivity contribution in [2.24, 2.45) is 5.41 Å². The minimum Gasteiger partial charge on any atom is -0.478 e. The second-order valence-electron chi connectivity index (χ2n) is 5.76. The first kappa shape index (κ1) is 14.0. The summed E-state index contributed by atoms with van der Waals surface area (Å²) in [6.07, 6.45) is 1.71. The van der Waals surface area contributed by atoms with Gasteiger partial charge in [-0.05, 0) is 17.5 Å².